The van der Waals surface area contributed by atoms with Gasteiger partial charge in [-0.2, -0.15) is 0 Å². The van der Waals surface area contributed by atoms with E-state index in [-0.39, 0.29) is 19.5 Å². The minimum atomic E-state index is -2.07. The van der Waals surface area contributed by atoms with Gasteiger partial charge in [0.05, 0.1) is 12.2 Å². The Morgan fingerprint density at radius 2 is 2.46 bits per heavy atom. The molecule has 2 rings (SSSR count). The Labute approximate surface area is 144 Å². The van der Waals surface area contributed by atoms with Gasteiger partial charge >= 0.3 is 0 Å². The SMILES string of the molecule is C=C=CC(=CC=CC)N1CCC(O)(C(=O)NCc2nccs2)C1=O. The van der Waals surface area contributed by atoms with Gasteiger partial charge in [-0.15, -0.1) is 17.1 Å². The van der Waals surface area contributed by atoms with Crippen molar-refractivity contribution in [1.29, 1.82) is 0 Å². The summed E-state index contributed by atoms with van der Waals surface area (Å²) in [4.78, 5) is 30.3. The monoisotopic (exact) mass is 345 g/mol. The van der Waals surface area contributed by atoms with E-state index in [0.717, 1.165) is 0 Å². The van der Waals surface area contributed by atoms with Crippen molar-refractivity contribution in [1.82, 2.24) is 15.2 Å². The summed E-state index contributed by atoms with van der Waals surface area (Å²) < 4.78 is 0. The molecular formula is C17H19N3O3S. The first-order valence-corrected chi connectivity index (χ1v) is 8.30. The molecule has 0 saturated carbocycles. The van der Waals surface area contributed by atoms with Gasteiger partial charge in [0.25, 0.3) is 11.8 Å². The fraction of sp³-hybridized carbons (Fsp3) is 0.294. The number of carbonyl (C=O) groups is 2. The van der Waals surface area contributed by atoms with Gasteiger partial charge in [0.1, 0.15) is 5.01 Å². The number of aromatic nitrogens is 1. The molecule has 126 valence electrons. The summed E-state index contributed by atoms with van der Waals surface area (Å²) in [5, 5.41) is 15.6. The number of aliphatic hydroxyl groups is 1. The van der Waals surface area contributed by atoms with Crippen LogP contribution in [0.1, 0.15) is 18.4 Å². The summed E-state index contributed by atoms with van der Waals surface area (Å²) in [6, 6.07) is 0. The number of hydrogen-bond acceptors (Lipinski definition) is 5. The molecule has 1 unspecified atom stereocenters. The van der Waals surface area contributed by atoms with Gasteiger partial charge in [0.15, 0.2) is 0 Å². The molecule has 6 nitrogen and oxygen atoms in total. The predicted octanol–water partition coefficient (Wildman–Crippen LogP) is 1.52. The first kappa shape index (κ1) is 17.9. The highest BCUT2D eigenvalue weighted by molar-refractivity contribution is 7.09. The second-order valence-corrected chi connectivity index (χ2v) is 6.12. The molecule has 2 N–H and O–H groups in total. The highest BCUT2D eigenvalue weighted by Crippen LogP contribution is 2.27. The van der Waals surface area contributed by atoms with E-state index >= 15 is 0 Å². The van der Waals surface area contributed by atoms with Crippen molar-refractivity contribution in [3.63, 3.8) is 0 Å². The van der Waals surface area contributed by atoms with E-state index in [0.29, 0.717) is 10.7 Å². The van der Waals surface area contributed by atoms with Crippen LogP contribution in [0, 0.1) is 0 Å². The van der Waals surface area contributed by atoms with Crippen LogP contribution in [0.15, 0.2) is 53.9 Å². The molecule has 1 saturated heterocycles. The minimum absolute atomic E-state index is 0.0215. The maximum Gasteiger partial charge on any atom is 0.268 e. The van der Waals surface area contributed by atoms with Gasteiger partial charge in [-0.05, 0) is 13.0 Å². The van der Waals surface area contributed by atoms with E-state index in [1.165, 1.54) is 22.3 Å². The molecule has 0 spiro atoms. The third kappa shape index (κ3) is 3.71. The van der Waals surface area contributed by atoms with Crippen molar-refractivity contribution in [3.05, 3.63) is 58.9 Å². The van der Waals surface area contributed by atoms with E-state index in [1.807, 2.05) is 13.0 Å². The quantitative estimate of drug-likeness (QED) is 0.465. The largest absolute Gasteiger partial charge is 0.372 e. The van der Waals surface area contributed by atoms with Crippen molar-refractivity contribution in [3.8, 4) is 0 Å². The van der Waals surface area contributed by atoms with Crippen molar-refractivity contribution >= 4 is 23.2 Å². The standard InChI is InChI=1S/C17H19N3O3S/c1-3-5-7-13(6-4-2)20-10-8-17(23,16(20)22)15(21)19-12-14-18-9-11-24-14/h3,5-7,9,11,23H,2,8,10,12H2,1H3,(H,19,21). The molecule has 0 aliphatic carbocycles. The van der Waals surface area contributed by atoms with E-state index in [1.54, 1.807) is 23.7 Å². The summed E-state index contributed by atoms with van der Waals surface area (Å²) in [5.41, 5.74) is 1.07. The lowest BCUT2D eigenvalue weighted by molar-refractivity contribution is -0.153. The third-order valence-corrected chi connectivity index (χ3v) is 4.36. The lowest BCUT2D eigenvalue weighted by Crippen LogP contribution is -2.52. The molecule has 1 aliphatic rings. The molecule has 2 amide bonds. The van der Waals surface area contributed by atoms with Crippen LogP contribution in [0.25, 0.3) is 0 Å². The van der Waals surface area contributed by atoms with Crippen LogP contribution in [0.5, 0.6) is 0 Å². The maximum atomic E-state index is 12.6. The average Bonchev–Trinajstić information content (AvgIpc) is 3.19. The van der Waals surface area contributed by atoms with Crippen molar-refractivity contribution in [2.45, 2.75) is 25.5 Å². The zero-order valence-electron chi connectivity index (χ0n) is 13.4. The lowest BCUT2D eigenvalue weighted by Gasteiger charge is -2.21. The van der Waals surface area contributed by atoms with E-state index in [4.69, 9.17) is 0 Å². The molecule has 24 heavy (non-hydrogen) atoms. The Morgan fingerprint density at radius 3 is 3.08 bits per heavy atom. The van der Waals surface area contributed by atoms with Crippen LogP contribution >= 0.6 is 11.3 Å². The molecule has 0 bridgehead atoms. The number of likely N-dealkylation sites (tertiary alicyclic amines) is 1. The maximum absolute atomic E-state index is 12.6. The number of nitrogens with zero attached hydrogens (tertiary/aromatic N) is 2. The highest BCUT2D eigenvalue weighted by Gasteiger charge is 2.51. The first-order chi connectivity index (χ1) is 11.5. The summed E-state index contributed by atoms with van der Waals surface area (Å²) in [6.45, 7) is 5.77. The Kier molecular flexibility index (Phi) is 5.87. The molecule has 1 atom stereocenters. The van der Waals surface area contributed by atoms with Gasteiger partial charge in [-0.25, -0.2) is 4.98 Å². The third-order valence-electron chi connectivity index (χ3n) is 3.58. The van der Waals surface area contributed by atoms with Crippen LogP contribution in [-0.4, -0.2) is 39.0 Å². The predicted molar refractivity (Wildman–Crippen MR) is 91.8 cm³/mol. The molecule has 1 aromatic rings. The van der Waals surface area contributed by atoms with Crippen LogP contribution in [0.4, 0.5) is 0 Å². The van der Waals surface area contributed by atoms with Gasteiger partial charge in [-0.3, -0.25) is 9.59 Å². The van der Waals surface area contributed by atoms with E-state index in [9.17, 15) is 14.7 Å². The number of nitrogens with one attached hydrogen (secondary N) is 1. The van der Waals surface area contributed by atoms with Crippen LogP contribution < -0.4 is 5.32 Å². The number of thiazole rings is 1. The molecule has 0 aromatic carbocycles. The van der Waals surface area contributed by atoms with Crippen molar-refractivity contribution in [2.75, 3.05) is 6.54 Å². The van der Waals surface area contributed by atoms with E-state index < -0.39 is 17.4 Å². The summed E-state index contributed by atoms with van der Waals surface area (Å²) >= 11 is 1.39. The molecule has 1 fully saturated rings. The van der Waals surface area contributed by atoms with Gasteiger partial charge in [0, 0.05) is 30.6 Å². The Balaban J connectivity index is 2.12. The smallest absolute Gasteiger partial charge is 0.268 e. The lowest BCUT2D eigenvalue weighted by atomic mass is 10.0. The van der Waals surface area contributed by atoms with Crippen LogP contribution in [0.2, 0.25) is 0 Å². The number of carbonyl (C=O) groups excluding carboxylic acids is 2. The zero-order chi connectivity index (χ0) is 17.6. The fourth-order valence-electron chi connectivity index (χ4n) is 2.32. The van der Waals surface area contributed by atoms with Gasteiger partial charge < -0.3 is 15.3 Å². The normalized spacial score (nSPS) is 21.2. The van der Waals surface area contributed by atoms with E-state index in [2.05, 4.69) is 22.6 Å². The van der Waals surface area contributed by atoms with Gasteiger partial charge in [-0.1, -0.05) is 18.7 Å². The Morgan fingerprint density at radius 1 is 1.67 bits per heavy atom. The summed E-state index contributed by atoms with van der Waals surface area (Å²) in [6.07, 6.45) is 8.46. The first-order valence-electron chi connectivity index (χ1n) is 7.42. The topological polar surface area (TPSA) is 82.5 Å². The number of rotatable bonds is 6. The van der Waals surface area contributed by atoms with Crippen molar-refractivity contribution < 1.29 is 14.7 Å². The zero-order valence-corrected chi connectivity index (χ0v) is 14.2. The second kappa shape index (κ2) is 7.88. The molecule has 1 aliphatic heterocycles. The van der Waals surface area contributed by atoms with Crippen molar-refractivity contribution in [2.24, 2.45) is 0 Å². The molecule has 2 heterocycles. The van der Waals surface area contributed by atoms with Gasteiger partial charge in [0.2, 0.25) is 5.60 Å². The molecular weight excluding hydrogens is 326 g/mol. The fourth-order valence-corrected chi connectivity index (χ4v) is 2.88. The van der Waals surface area contributed by atoms with Crippen LogP contribution in [0.3, 0.4) is 0 Å². The molecule has 0 radical (unpaired) electrons. The average molecular weight is 345 g/mol. The highest BCUT2D eigenvalue weighted by atomic mass is 32.1. The number of allylic oxidation sites excluding steroid dienone is 4. The number of amides is 2. The summed E-state index contributed by atoms with van der Waals surface area (Å²) in [7, 11) is 0. The Bertz CT molecular complexity index is 717. The van der Waals surface area contributed by atoms with Crippen LogP contribution in [-0.2, 0) is 16.1 Å². The second-order valence-electron chi connectivity index (χ2n) is 5.14. The minimum Gasteiger partial charge on any atom is -0.372 e. The summed E-state index contributed by atoms with van der Waals surface area (Å²) in [5.74, 6) is -1.36. The Hall–Kier alpha value is -2.47. The molecule has 7 heteroatoms. The molecule has 1 aromatic heterocycles. The number of hydrogen-bond donors (Lipinski definition) is 2.